The van der Waals surface area contributed by atoms with Gasteiger partial charge in [-0.05, 0) is 12.5 Å². The zero-order chi connectivity index (χ0) is 9.14. The first-order valence-corrected chi connectivity index (χ1v) is 3.71. The maximum absolute atomic E-state index is 10.8. The Morgan fingerprint density at radius 1 is 1.67 bits per heavy atom. The highest BCUT2D eigenvalue weighted by molar-refractivity contribution is 5.21. The number of hydrogen-bond acceptors (Lipinski definition) is 3. The fourth-order valence-electron chi connectivity index (χ4n) is 1.09. The Kier molecular flexibility index (Phi) is 2.62. The molecule has 1 aromatic heterocycles. The van der Waals surface area contributed by atoms with E-state index in [2.05, 4.69) is 4.98 Å². The van der Waals surface area contributed by atoms with Crippen LogP contribution in [0.25, 0.3) is 0 Å². The summed E-state index contributed by atoms with van der Waals surface area (Å²) in [6.07, 6.45) is 0. The van der Waals surface area contributed by atoms with Crippen molar-refractivity contribution in [3.05, 3.63) is 33.7 Å². The van der Waals surface area contributed by atoms with E-state index in [4.69, 9.17) is 10.8 Å². The maximum atomic E-state index is 10.8. The molecular weight excluding hydrogens is 156 g/mol. The van der Waals surface area contributed by atoms with Crippen molar-refractivity contribution in [1.82, 2.24) is 4.98 Å². The van der Waals surface area contributed by atoms with Gasteiger partial charge in [-0.3, -0.25) is 4.79 Å². The van der Waals surface area contributed by atoms with Gasteiger partial charge in [-0.15, -0.1) is 0 Å². The molecule has 4 N–H and O–H groups in total. The summed E-state index contributed by atoms with van der Waals surface area (Å²) < 4.78 is 0. The lowest BCUT2D eigenvalue weighted by Crippen LogP contribution is -2.18. The Morgan fingerprint density at radius 2 is 2.33 bits per heavy atom. The van der Waals surface area contributed by atoms with E-state index in [9.17, 15) is 4.79 Å². The van der Waals surface area contributed by atoms with Crippen LogP contribution in [-0.4, -0.2) is 16.7 Å². The molecule has 12 heavy (non-hydrogen) atoms. The predicted molar refractivity (Wildman–Crippen MR) is 45.8 cm³/mol. The summed E-state index contributed by atoms with van der Waals surface area (Å²) >= 11 is 0. The molecule has 0 amide bonds. The van der Waals surface area contributed by atoms with E-state index < -0.39 is 6.04 Å². The lowest BCUT2D eigenvalue weighted by molar-refractivity contribution is 0.267. The Morgan fingerprint density at radius 3 is 2.83 bits per heavy atom. The highest BCUT2D eigenvalue weighted by Gasteiger charge is 2.06. The highest BCUT2D eigenvalue weighted by Crippen LogP contribution is 2.10. The Balaban J connectivity index is 3.09. The molecule has 0 spiro atoms. The number of nitrogens with one attached hydrogen (secondary N) is 1. The van der Waals surface area contributed by atoms with Crippen molar-refractivity contribution in [2.24, 2.45) is 5.73 Å². The van der Waals surface area contributed by atoms with E-state index in [1.54, 1.807) is 13.0 Å². The molecule has 0 fully saturated rings. The van der Waals surface area contributed by atoms with Gasteiger partial charge in [0.15, 0.2) is 0 Å². The zero-order valence-electron chi connectivity index (χ0n) is 6.87. The topological polar surface area (TPSA) is 79.1 Å². The molecule has 4 nitrogen and oxygen atoms in total. The van der Waals surface area contributed by atoms with E-state index in [0.717, 1.165) is 5.56 Å². The molecule has 0 bridgehead atoms. The zero-order valence-corrected chi connectivity index (χ0v) is 6.87. The van der Waals surface area contributed by atoms with Crippen LogP contribution in [0.1, 0.15) is 17.3 Å². The van der Waals surface area contributed by atoms with Gasteiger partial charge in [-0.2, -0.15) is 0 Å². The van der Waals surface area contributed by atoms with Crippen LogP contribution >= 0.6 is 0 Å². The number of H-pyrrole nitrogens is 1. The van der Waals surface area contributed by atoms with Crippen molar-refractivity contribution >= 4 is 0 Å². The third kappa shape index (κ3) is 1.72. The van der Waals surface area contributed by atoms with Crippen LogP contribution in [0.4, 0.5) is 0 Å². The quantitative estimate of drug-likeness (QED) is 0.566. The smallest absolute Gasteiger partial charge is 0.248 e. The SMILES string of the molecule is Cc1[nH]c(=O)ccc1[C@H](N)CO. The number of nitrogens with two attached hydrogens (primary N) is 1. The molecular formula is C8H12N2O2. The standard InChI is InChI=1S/C8H12N2O2/c1-5-6(7(9)4-11)2-3-8(12)10-5/h2-3,7,11H,4,9H2,1H3,(H,10,12)/t7-/m1/s1. The summed E-state index contributed by atoms with van der Waals surface area (Å²) in [7, 11) is 0. The lowest BCUT2D eigenvalue weighted by atomic mass is 10.1. The van der Waals surface area contributed by atoms with Crippen LogP contribution in [0.2, 0.25) is 0 Å². The summed E-state index contributed by atoms with van der Waals surface area (Å²) in [5.74, 6) is 0. The number of aliphatic hydroxyl groups excluding tert-OH is 1. The van der Waals surface area contributed by atoms with Crippen LogP contribution < -0.4 is 11.3 Å². The normalized spacial score (nSPS) is 12.9. The fourth-order valence-corrected chi connectivity index (χ4v) is 1.09. The van der Waals surface area contributed by atoms with Crippen LogP contribution in [0.15, 0.2) is 16.9 Å². The first-order valence-electron chi connectivity index (χ1n) is 3.71. The summed E-state index contributed by atoms with van der Waals surface area (Å²) in [6.45, 7) is 1.64. The van der Waals surface area contributed by atoms with Gasteiger partial charge in [-0.25, -0.2) is 0 Å². The molecule has 1 rings (SSSR count). The van der Waals surface area contributed by atoms with Gasteiger partial charge in [0.05, 0.1) is 12.6 Å². The fraction of sp³-hybridized carbons (Fsp3) is 0.375. The molecule has 0 aliphatic heterocycles. The van der Waals surface area contributed by atoms with E-state index in [0.29, 0.717) is 5.69 Å². The van der Waals surface area contributed by atoms with Crippen LogP contribution in [0.5, 0.6) is 0 Å². The molecule has 4 heteroatoms. The summed E-state index contributed by atoms with van der Waals surface area (Å²) in [5.41, 5.74) is 6.91. The molecule has 0 radical (unpaired) electrons. The van der Waals surface area contributed by atoms with Gasteiger partial charge < -0.3 is 15.8 Å². The average molecular weight is 168 g/mol. The molecule has 0 aromatic carbocycles. The predicted octanol–water partition coefficient (Wildman–Crippen LogP) is -0.325. The summed E-state index contributed by atoms with van der Waals surface area (Å²) in [6, 6.07) is 2.62. The minimum Gasteiger partial charge on any atom is -0.394 e. The number of aryl methyl sites for hydroxylation is 1. The molecule has 1 atom stereocenters. The first-order chi connectivity index (χ1) is 5.65. The minimum atomic E-state index is -0.415. The lowest BCUT2D eigenvalue weighted by Gasteiger charge is -2.10. The van der Waals surface area contributed by atoms with Crippen molar-refractivity contribution in [2.75, 3.05) is 6.61 Å². The van der Waals surface area contributed by atoms with Crippen LogP contribution in [-0.2, 0) is 0 Å². The maximum Gasteiger partial charge on any atom is 0.248 e. The number of pyridine rings is 1. The second-order valence-electron chi connectivity index (χ2n) is 2.69. The molecule has 1 aromatic rings. The molecule has 0 saturated heterocycles. The van der Waals surface area contributed by atoms with Crippen molar-refractivity contribution < 1.29 is 5.11 Å². The highest BCUT2D eigenvalue weighted by atomic mass is 16.3. The molecule has 66 valence electrons. The third-order valence-corrected chi connectivity index (χ3v) is 1.75. The molecule has 0 aliphatic rings. The van der Waals surface area contributed by atoms with Crippen molar-refractivity contribution in [1.29, 1.82) is 0 Å². The molecule has 0 aliphatic carbocycles. The summed E-state index contributed by atoms with van der Waals surface area (Å²) in [4.78, 5) is 13.4. The number of rotatable bonds is 2. The molecule has 0 unspecified atom stereocenters. The van der Waals surface area contributed by atoms with Crippen molar-refractivity contribution in [2.45, 2.75) is 13.0 Å². The molecule has 0 saturated carbocycles. The molecule has 1 heterocycles. The number of aromatic nitrogens is 1. The Bertz CT molecular complexity index is 319. The Hall–Kier alpha value is -1.13. The first kappa shape index (κ1) is 8.96. The van der Waals surface area contributed by atoms with Crippen LogP contribution in [0, 0.1) is 6.92 Å². The van der Waals surface area contributed by atoms with Gasteiger partial charge >= 0.3 is 0 Å². The third-order valence-electron chi connectivity index (χ3n) is 1.75. The van der Waals surface area contributed by atoms with E-state index in [-0.39, 0.29) is 12.2 Å². The van der Waals surface area contributed by atoms with Gasteiger partial charge in [-0.1, -0.05) is 6.07 Å². The van der Waals surface area contributed by atoms with Crippen LogP contribution in [0.3, 0.4) is 0 Å². The van der Waals surface area contributed by atoms with E-state index in [1.807, 2.05) is 0 Å². The monoisotopic (exact) mass is 168 g/mol. The van der Waals surface area contributed by atoms with Gasteiger partial charge in [0, 0.05) is 11.8 Å². The van der Waals surface area contributed by atoms with E-state index in [1.165, 1.54) is 6.07 Å². The van der Waals surface area contributed by atoms with E-state index >= 15 is 0 Å². The second-order valence-corrected chi connectivity index (χ2v) is 2.69. The average Bonchev–Trinajstić information content (AvgIpc) is 2.03. The number of hydrogen-bond donors (Lipinski definition) is 3. The van der Waals surface area contributed by atoms with Gasteiger partial charge in [0.1, 0.15) is 0 Å². The number of aliphatic hydroxyl groups is 1. The largest absolute Gasteiger partial charge is 0.394 e. The van der Waals surface area contributed by atoms with Gasteiger partial charge in [0.25, 0.3) is 0 Å². The minimum absolute atomic E-state index is 0.118. The van der Waals surface area contributed by atoms with Crippen molar-refractivity contribution in [3.63, 3.8) is 0 Å². The van der Waals surface area contributed by atoms with Crippen molar-refractivity contribution in [3.8, 4) is 0 Å². The van der Waals surface area contributed by atoms with Gasteiger partial charge in [0.2, 0.25) is 5.56 Å². The Labute approximate surface area is 70.0 Å². The second kappa shape index (κ2) is 3.51. The summed E-state index contributed by atoms with van der Waals surface area (Å²) in [5, 5.41) is 8.76. The number of aromatic amines is 1.